The number of benzene rings is 2. The minimum atomic E-state index is -3.66. The molecule has 4 rings (SSSR count). The lowest BCUT2D eigenvalue weighted by molar-refractivity contribution is 0.0985. The molecule has 0 aliphatic heterocycles. The lowest BCUT2D eigenvalue weighted by Gasteiger charge is -2.22. The first kappa shape index (κ1) is 27.7. The van der Waals surface area contributed by atoms with Gasteiger partial charge in [-0.2, -0.15) is 9.40 Å². The van der Waals surface area contributed by atoms with E-state index in [0.717, 1.165) is 16.1 Å². The largest absolute Gasteiger partial charge is 0.492 e. The number of fused-ring (bicyclic) bond motifs is 1. The number of anilines is 1. The van der Waals surface area contributed by atoms with Crippen LogP contribution >= 0.6 is 11.3 Å². The van der Waals surface area contributed by atoms with Crippen LogP contribution in [-0.2, 0) is 16.6 Å². The van der Waals surface area contributed by atoms with Crippen molar-refractivity contribution in [2.75, 3.05) is 25.1 Å². The molecular formula is C27H33N5O4S2. The van der Waals surface area contributed by atoms with Gasteiger partial charge in [-0.25, -0.2) is 13.4 Å². The van der Waals surface area contributed by atoms with Gasteiger partial charge >= 0.3 is 0 Å². The summed E-state index contributed by atoms with van der Waals surface area (Å²) in [5.74, 6) is 0.395. The molecule has 4 aromatic rings. The van der Waals surface area contributed by atoms with Crippen LogP contribution in [0.2, 0.25) is 0 Å². The summed E-state index contributed by atoms with van der Waals surface area (Å²) in [5, 5.41) is 5.07. The Hall–Kier alpha value is -3.28. The average Bonchev–Trinajstić information content (AvgIpc) is 3.46. The summed E-state index contributed by atoms with van der Waals surface area (Å²) in [5.41, 5.74) is 2.98. The van der Waals surface area contributed by atoms with Crippen molar-refractivity contribution in [3.63, 3.8) is 0 Å². The average molecular weight is 556 g/mol. The zero-order valence-corrected chi connectivity index (χ0v) is 24.1. The van der Waals surface area contributed by atoms with E-state index in [2.05, 4.69) is 5.10 Å². The standard InChI is InChI=1S/C27H33N5O4S2/c1-7-36-23-9-8-10-24-25(23)28-27(37-24)31(15-16-32-20(5)17-19(4)29-32)26(33)21-11-13-22(14-12-21)38(34,35)30(6)18(2)3/h8-14,17-18H,7,15-16H2,1-6H3. The van der Waals surface area contributed by atoms with E-state index in [1.807, 2.05) is 63.6 Å². The lowest BCUT2D eigenvalue weighted by Crippen LogP contribution is -2.34. The Kier molecular flexibility index (Phi) is 8.19. The molecule has 0 radical (unpaired) electrons. The maximum Gasteiger partial charge on any atom is 0.260 e. The van der Waals surface area contributed by atoms with Gasteiger partial charge in [0.2, 0.25) is 10.0 Å². The van der Waals surface area contributed by atoms with Crippen molar-refractivity contribution < 1.29 is 17.9 Å². The van der Waals surface area contributed by atoms with Crippen molar-refractivity contribution in [1.82, 2.24) is 19.1 Å². The highest BCUT2D eigenvalue weighted by Crippen LogP contribution is 2.35. The summed E-state index contributed by atoms with van der Waals surface area (Å²) < 4.78 is 35.6. The Morgan fingerprint density at radius 2 is 1.84 bits per heavy atom. The quantitative estimate of drug-likeness (QED) is 0.277. The number of aromatic nitrogens is 3. The molecule has 2 heterocycles. The maximum absolute atomic E-state index is 13.8. The smallest absolute Gasteiger partial charge is 0.260 e. The van der Waals surface area contributed by atoms with Gasteiger partial charge in [0.25, 0.3) is 5.91 Å². The maximum atomic E-state index is 13.8. The first-order chi connectivity index (χ1) is 18.0. The van der Waals surface area contributed by atoms with Gasteiger partial charge in [0, 0.05) is 30.9 Å². The van der Waals surface area contributed by atoms with Gasteiger partial charge in [0.05, 0.1) is 28.4 Å². The minimum absolute atomic E-state index is 0.140. The molecule has 202 valence electrons. The molecule has 0 aliphatic rings. The third-order valence-corrected chi connectivity index (χ3v) is 9.38. The first-order valence-electron chi connectivity index (χ1n) is 12.5. The number of carbonyl (C=O) groups excluding carboxylic acids is 1. The summed E-state index contributed by atoms with van der Waals surface area (Å²) in [6.07, 6.45) is 0. The van der Waals surface area contributed by atoms with Crippen LogP contribution in [0.3, 0.4) is 0 Å². The fraction of sp³-hybridized carbons (Fsp3) is 0.370. The number of ether oxygens (including phenoxy) is 1. The summed E-state index contributed by atoms with van der Waals surface area (Å²) in [6.45, 7) is 10.8. The fourth-order valence-corrected chi connectivity index (χ4v) is 6.42. The zero-order valence-electron chi connectivity index (χ0n) is 22.5. The van der Waals surface area contributed by atoms with Crippen LogP contribution < -0.4 is 9.64 Å². The van der Waals surface area contributed by atoms with Crippen LogP contribution in [0.15, 0.2) is 53.4 Å². The molecule has 11 heteroatoms. The van der Waals surface area contributed by atoms with Gasteiger partial charge in [-0.05, 0) is 77.1 Å². The van der Waals surface area contributed by atoms with E-state index in [1.165, 1.54) is 27.8 Å². The number of amides is 1. The second-order valence-electron chi connectivity index (χ2n) is 9.28. The number of hydrogen-bond donors (Lipinski definition) is 0. The van der Waals surface area contributed by atoms with Gasteiger partial charge in [-0.1, -0.05) is 17.4 Å². The van der Waals surface area contributed by atoms with Crippen LogP contribution in [0.25, 0.3) is 10.2 Å². The summed E-state index contributed by atoms with van der Waals surface area (Å²) in [4.78, 5) is 20.4. The fourth-order valence-electron chi connectivity index (χ4n) is 4.05. The van der Waals surface area contributed by atoms with Crippen molar-refractivity contribution >= 4 is 42.6 Å². The summed E-state index contributed by atoms with van der Waals surface area (Å²) >= 11 is 1.41. The number of rotatable bonds is 10. The molecule has 1 amide bonds. The van der Waals surface area contributed by atoms with E-state index < -0.39 is 10.0 Å². The van der Waals surface area contributed by atoms with Crippen molar-refractivity contribution in [1.29, 1.82) is 0 Å². The lowest BCUT2D eigenvalue weighted by atomic mass is 10.2. The van der Waals surface area contributed by atoms with Crippen LogP contribution in [0.4, 0.5) is 5.13 Å². The van der Waals surface area contributed by atoms with Gasteiger partial charge < -0.3 is 4.74 Å². The molecular weight excluding hydrogens is 522 g/mol. The highest BCUT2D eigenvalue weighted by atomic mass is 32.2. The summed E-state index contributed by atoms with van der Waals surface area (Å²) in [7, 11) is -2.11. The Bertz CT molecular complexity index is 1540. The van der Waals surface area contributed by atoms with Gasteiger partial charge in [-0.15, -0.1) is 0 Å². The third kappa shape index (κ3) is 5.59. The van der Waals surface area contributed by atoms with Crippen LogP contribution in [-0.4, -0.2) is 59.6 Å². The first-order valence-corrected chi connectivity index (χ1v) is 14.7. The van der Waals surface area contributed by atoms with Crippen LogP contribution in [0, 0.1) is 13.8 Å². The Balaban J connectivity index is 1.70. The van der Waals surface area contributed by atoms with Crippen molar-refractivity contribution in [2.24, 2.45) is 0 Å². The molecule has 9 nitrogen and oxygen atoms in total. The minimum Gasteiger partial charge on any atom is -0.492 e. The van der Waals surface area contributed by atoms with Crippen LogP contribution in [0.5, 0.6) is 5.75 Å². The van der Waals surface area contributed by atoms with Crippen LogP contribution in [0.1, 0.15) is 42.5 Å². The number of hydrogen-bond acceptors (Lipinski definition) is 7. The summed E-state index contributed by atoms with van der Waals surface area (Å²) in [6, 6.07) is 13.6. The molecule has 2 aromatic heterocycles. The second kappa shape index (κ2) is 11.2. The molecule has 0 saturated heterocycles. The van der Waals surface area contributed by atoms with E-state index in [4.69, 9.17) is 9.72 Å². The number of carbonyl (C=O) groups is 1. The number of aryl methyl sites for hydroxylation is 2. The van der Waals surface area contributed by atoms with E-state index in [1.54, 1.807) is 24.1 Å². The van der Waals surface area contributed by atoms with Gasteiger partial charge in [0.15, 0.2) is 5.13 Å². The Morgan fingerprint density at radius 3 is 2.45 bits per heavy atom. The van der Waals surface area contributed by atoms with E-state index in [9.17, 15) is 13.2 Å². The topological polar surface area (TPSA) is 97.6 Å². The monoisotopic (exact) mass is 555 g/mol. The predicted octanol–water partition coefficient (Wildman–Crippen LogP) is 4.88. The Labute approximate surface area is 227 Å². The molecule has 0 atom stereocenters. The SMILES string of the molecule is CCOc1cccc2sc(N(CCn3nc(C)cc3C)C(=O)c3ccc(S(=O)(=O)N(C)C(C)C)cc3)nc12. The molecule has 0 spiro atoms. The highest BCUT2D eigenvalue weighted by molar-refractivity contribution is 7.89. The molecule has 0 unspecified atom stereocenters. The molecule has 0 N–H and O–H groups in total. The predicted molar refractivity (Wildman–Crippen MR) is 151 cm³/mol. The second-order valence-corrected chi connectivity index (χ2v) is 12.3. The van der Waals surface area contributed by atoms with Gasteiger partial charge in [0.1, 0.15) is 11.3 Å². The van der Waals surface area contributed by atoms with E-state index in [0.29, 0.717) is 41.7 Å². The molecule has 0 saturated carbocycles. The number of nitrogens with zero attached hydrogens (tertiary/aromatic N) is 5. The number of sulfonamides is 1. The van der Waals surface area contributed by atoms with E-state index in [-0.39, 0.29) is 16.8 Å². The van der Waals surface area contributed by atoms with Gasteiger partial charge in [-0.3, -0.25) is 14.4 Å². The zero-order chi connectivity index (χ0) is 27.6. The number of para-hydroxylation sites is 1. The molecule has 0 aliphatic carbocycles. The normalized spacial score (nSPS) is 12.0. The number of thiazole rings is 1. The Morgan fingerprint density at radius 1 is 1.13 bits per heavy atom. The molecule has 2 aromatic carbocycles. The highest BCUT2D eigenvalue weighted by Gasteiger charge is 2.26. The van der Waals surface area contributed by atoms with Crippen molar-refractivity contribution in [3.05, 3.63) is 65.5 Å². The third-order valence-electron chi connectivity index (χ3n) is 6.29. The van der Waals surface area contributed by atoms with Crippen molar-refractivity contribution in [3.8, 4) is 5.75 Å². The molecule has 0 bridgehead atoms. The van der Waals surface area contributed by atoms with Crippen molar-refractivity contribution in [2.45, 2.75) is 52.1 Å². The van der Waals surface area contributed by atoms with E-state index >= 15 is 0 Å². The molecule has 38 heavy (non-hydrogen) atoms. The molecule has 0 fully saturated rings.